The van der Waals surface area contributed by atoms with Crippen LogP contribution < -0.4 is 14.8 Å². The lowest BCUT2D eigenvalue weighted by Gasteiger charge is -2.22. The van der Waals surface area contributed by atoms with Gasteiger partial charge in [-0.2, -0.15) is 0 Å². The van der Waals surface area contributed by atoms with Crippen LogP contribution in [0.5, 0.6) is 11.5 Å². The molecule has 0 fully saturated rings. The van der Waals surface area contributed by atoms with Crippen LogP contribution in [0.1, 0.15) is 45.8 Å². The summed E-state index contributed by atoms with van der Waals surface area (Å²) in [6.45, 7) is 4.06. The van der Waals surface area contributed by atoms with Crippen molar-refractivity contribution in [3.8, 4) is 11.5 Å². The summed E-state index contributed by atoms with van der Waals surface area (Å²) in [5.74, 6) is 1.43. The minimum atomic E-state index is -0.202. The summed E-state index contributed by atoms with van der Waals surface area (Å²) in [7, 11) is 3.24. The van der Waals surface area contributed by atoms with E-state index < -0.39 is 0 Å². The maximum atomic E-state index is 13.1. The minimum Gasteiger partial charge on any atom is -0.493 e. The number of aromatic amines is 1. The molecular formula is C25H27N3O4. The second kappa shape index (κ2) is 9.18. The Morgan fingerprint density at radius 1 is 1.12 bits per heavy atom. The molecule has 1 unspecified atom stereocenters. The van der Waals surface area contributed by atoms with E-state index in [0.29, 0.717) is 41.5 Å². The van der Waals surface area contributed by atoms with Gasteiger partial charge < -0.3 is 24.3 Å². The Morgan fingerprint density at radius 2 is 1.94 bits per heavy atom. The lowest BCUT2D eigenvalue weighted by Crippen LogP contribution is -2.30. The van der Waals surface area contributed by atoms with E-state index in [4.69, 9.17) is 14.0 Å². The first kappa shape index (κ1) is 21.5. The van der Waals surface area contributed by atoms with E-state index in [0.717, 1.165) is 22.0 Å². The number of hydrogen-bond donors (Lipinski definition) is 2. The first-order chi connectivity index (χ1) is 15.6. The molecule has 7 heteroatoms. The maximum absolute atomic E-state index is 13.1. The zero-order valence-corrected chi connectivity index (χ0v) is 18.7. The molecule has 1 amide bonds. The number of nitrogens with zero attached hydrogens (tertiary/aromatic N) is 1. The van der Waals surface area contributed by atoms with Crippen LogP contribution in [0.25, 0.3) is 10.9 Å². The number of hydrogen-bond acceptors (Lipinski definition) is 5. The van der Waals surface area contributed by atoms with Gasteiger partial charge in [0.15, 0.2) is 11.5 Å². The highest BCUT2D eigenvalue weighted by atomic mass is 16.5. The Labute approximate surface area is 186 Å². The molecule has 2 heterocycles. The molecule has 0 aliphatic heterocycles. The van der Waals surface area contributed by atoms with Gasteiger partial charge in [0.25, 0.3) is 5.91 Å². The number of fused-ring (bicyclic) bond motifs is 1. The molecule has 32 heavy (non-hydrogen) atoms. The number of ether oxygens (including phenoxy) is 2. The number of carbonyl (C=O) groups excluding carboxylic acids is 1. The molecule has 4 aromatic rings. The molecular weight excluding hydrogens is 406 g/mol. The fourth-order valence-corrected chi connectivity index (χ4v) is 4.19. The summed E-state index contributed by atoms with van der Waals surface area (Å²) in [5, 5.41) is 8.19. The number of H-pyrrole nitrogens is 1. The van der Waals surface area contributed by atoms with Crippen LogP contribution in [0.3, 0.4) is 0 Å². The molecule has 166 valence electrons. The number of para-hydroxylation sites is 2. The van der Waals surface area contributed by atoms with Crippen molar-refractivity contribution in [3.05, 3.63) is 76.8 Å². The van der Waals surface area contributed by atoms with E-state index in [-0.39, 0.29) is 11.8 Å². The Bertz CT molecular complexity index is 1240. The lowest BCUT2D eigenvalue weighted by molar-refractivity contribution is 0.0950. The molecule has 0 saturated carbocycles. The highest BCUT2D eigenvalue weighted by molar-refractivity contribution is 5.96. The largest absolute Gasteiger partial charge is 0.493 e. The van der Waals surface area contributed by atoms with Gasteiger partial charge in [0, 0.05) is 35.1 Å². The molecule has 0 aliphatic carbocycles. The second-order valence-corrected chi connectivity index (χ2v) is 7.55. The quantitative estimate of drug-likeness (QED) is 0.424. The summed E-state index contributed by atoms with van der Waals surface area (Å²) in [6.07, 6.45) is 2.61. The highest BCUT2D eigenvalue weighted by Gasteiger charge is 2.26. The molecule has 1 atom stereocenters. The van der Waals surface area contributed by atoms with E-state index in [1.807, 2.05) is 49.5 Å². The van der Waals surface area contributed by atoms with Crippen LogP contribution in [0.15, 0.2) is 53.2 Å². The molecule has 4 rings (SSSR count). The predicted molar refractivity (Wildman–Crippen MR) is 123 cm³/mol. The first-order valence-electron chi connectivity index (χ1n) is 10.6. The summed E-state index contributed by atoms with van der Waals surface area (Å²) in [4.78, 5) is 16.4. The van der Waals surface area contributed by atoms with Crippen molar-refractivity contribution in [2.75, 3.05) is 20.8 Å². The predicted octanol–water partition coefficient (Wildman–Crippen LogP) is 4.61. The second-order valence-electron chi connectivity index (χ2n) is 7.55. The molecule has 2 N–H and O–H groups in total. The van der Waals surface area contributed by atoms with E-state index in [9.17, 15) is 4.79 Å². The Hall–Kier alpha value is -3.74. The summed E-state index contributed by atoms with van der Waals surface area (Å²) in [6, 6.07) is 13.9. The van der Waals surface area contributed by atoms with Crippen molar-refractivity contribution >= 4 is 16.8 Å². The van der Waals surface area contributed by atoms with E-state index in [1.165, 1.54) is 0 Å². The minimum absolute atomic E-state index is 0.176. The monoisotopic (exact) mass is 433 g/mol. The van der Waals surface area contributed by atoms with Crippen LogP contribution in [-0.4, -0.2) is 36.8 Å². The highest BCUT2D eigenvalue weighted by Crippen LogP contribution is 2.40. The fourth-order valence-electron chi connectivity index (χ4n) is 4.19. The van der Waals surface area contributed by atoms with Crippen LogP contribution in [0, 0.1) is 6.92 Å². The van der Waals surface area contributed by atoms with Gasteiger partial charge in [0.1, 0.15) is 11.3 Å². The van der Waals surface area contributed by atoms with E-state index >= 15 is 0 Å². The number of aryl methyl sites for hydroxylation is 2. The average Bonchev–Trinajstić information content (AvgIpc) is 3.42. The van der Waals surface area contributed by atoms with Gasteiger partial charge in [-0.05, 0) is 31.0 Å². The fraction of sp³-hybridized carbons (Fsp3) is 0.280. The summed E-state index contributed by atoms with van der Waals surface area (Å²) < 4.78 is 16.5. The van der Waals surface area contributed by atoms with Crippen molar-refractivity contribution in [1.82, 2.24) is 15.5 Å². The Morgan fingerprint density at radius 3 is 2.69 bits per heavy atom. The van der Waals surface area contributed by atoms with Crippen LogP contribution in [0.4, 0.5) is 0 Å². The SMILES string of the molecule is CCc1noc(C)c1C(=O)NCC(c1cccc(OC)c1OC)c1c[nH]c2ccccc12. The van der Waals surface area contributed by atoms with E-state index in [1.54, 1.807) is 21.1 Å². The molecule has 0 radical (unpaired) electrons. The van der Waals surface area contributed by atoms with Crippen molar-refractivity contribution in [2.45, 2.75) is 26.2 Å². The number of amides is 1. The Balaban J connectivity index is 1.75. The number of aromatic nitrogens is 2. The van der Waals surface area contributed by atoms with Gasteiger partial charge in [0.05, 0.1) is 19.9 Å². The van der Waals surface area contributed by atoms with Gasteiger partial charge in [-0.3, -0.25) is 4.79 Å². The van der Waals surface area contributed by atoms with Gasteiger partial charge >= 0.3 is 0 Å². The smallest absolute Gasteiger partial charge is 0.256 e. The number of benzene rings is 2. The number of carbonyl (C=O) groups is 1. The number of methoxy groups -OCH3 is 2. The topological polar surface area (TPSA) is 89.4 Å². The van der Waals surface area contributed by atoms with Crippen LogP contribution in [-0.2, 0) is 6.42 Å². The van der Waals surface area contributed by atoms with E-state index in [2.05, 4.69) is 21.5 Å². The molecule has 0 aliphatic rings. The van der Waals surface area contributed by atoms with Gasteiger partial charge in [-0.1, -0.05) is 42.4 Å². The molecule has 2 aromatic heterocycles. The summed E-state index contributed by atoms with van der Waals surface area (Å²) in [5.41, 5.74) is 4.18. The van der Waals surface area contributed by atoms with Gasteiger partial charge in [0.2, 0.25) is 0 Å². The first-order valence-corrected chi connectivity index (χ1v) is 10.6. The number of rotatable bonds is 8. The molecule has 0 bridgehead atoms. The molecule has 7 nitrogen and oxygen atoms in total. The molecule has 0 spiro atoms. The zero-order valence-electron chi connectivity index (χ0n) is 18.7. The third kappa shape index (κ3) is 3.82. The van der Waals surface area contributed by atoms with Crippen molar-refractivity contribution in [1.29, 1.82) is 0 Å². The molecule has 2 aromatic carbocycles. The lowest BCUT2D eigenvalue weighted by atomic mass is 9.89. The van der Waals surface area contributed by atoms with Crippen LogP contribution >= 0.6 is 0 Å². The normalized spacial score (nSPS) is 12.0. The maximum Gasteiger partial charge on any atom is 0.256 e. The van der Waals surface area contributed by atoms with Crippen molar-refractivity contribution < 1.29 is 18.8 Å². The van der Waals surface area contributed by atoms with Crippen molar-refractivity contribution in [2.24, 2.45) is 0 Å². The Kier molecular flexibility index (Phi) is 6.16. The number of nitrogens with one attached hydrogen (secondary N) is 2. The third-order valence-electron chi connectivity index (χ3n) is 5.77. The van der Waals surface area contributed by atoms with Gasteiger partial charge in [-0.25, -0.2) is 0 Å². The van der Waals surface area contributed by atoms with Crippen molar-refractivity contribution in [3.63, 3.8) is 0 Å². The summed E-state index contributed by atoms with van der Waals surface area (Å²) >= 11 is 0. The molecule has 0 saturated heterocycles. The zero-order chi connectivity index (χ0) is 22.7. The average molecular weight is 434 g/mol. The van der Waals surface area contributed by atoms with Gasteiger partial charge in [-0.15, -0.1) is 0 Å². The van der Waals surface area contributed by atoms with Crippen LogP contribution in [0.2, 0.25) is 0 Å². The third-order valence-corrected chi connectivity index (χ3v) is 5.77. The standard InChI is InChI=1S/C25H27N3O4/c1-5-20-23(15(2)32-28-20)25(29)27-14-19(17-10-8-12-22(30-3)24(17)31-4)18-13-26-21-11-7-6-9-16(18)21/h6-13,19,26H,5,14H2,1-4H3,(H,27,29).